The number of hydrogen-bond acceptors (Lipinski definition) is 2. The Morgan fingerprint density at radius 2 is 1.81 bits per heavy atom. The molecule has 0 aliphatic carbocycles. The van der Waals surface area contributed by atoms with Gasteiger partial charge in [0.25, 0.3) is 0 Å². The van der Waals surface area contributed by atoms with Crippen LogP contribution in [0.4, 0.5) is 0 Å². The minimum atomic E-state index is -0.675. The number of aliphatic hydroxyl groups is 1. The van der Waals surface area contributed by atoms with Crippen molar-refractivity contribution in [3.05, 3.63) is 69.7 Å². The van der Waals surface area contributed by atoms with Gasteiger partial charge >= 0.3 is 0 Å². The molecule has 0 radical (unpaired) electrons. The van der Waals surface area contributed by atoms with Crippen molar-refractivity contribution in [2.75, 3.05) is 6.61 Å². The topological polar surface area (TPSA) is 29.5 Å². The molecule has 2 aromatic carbocycles. The molecule has 0 bridgehead atoms. The van der Waals surface area contributed by atoms with Crippen molar-refractivity contribution in [3.8, 4) is 0 Å². The highest BCUT2D eigenvalue weighted by molar-refractivity contribution is 6.35. The first-order valence-corrected chi connectivity index (χ1v) is 7.66. The van der Waals surface area contributed by atoms with Gasteiger partial charge in [0.05, 0.1) is 6.10 Å². The van der Waals surface area contributed by atoms with Crippen LogP contribution < -0.4 is 0 Å². The molecule has 21 heavy (non-hydrogen) atoms. The predicted molar refractivity (Wildman–Crippen MR) is 87.0 cm³/mol. The zero-order valence-electron chi connectivity index (χ0n) is 11.8. The number of hydrogen-bond donors (Lipinski definition) is 1. The first-order valence-electron chi connectivity index (χ1n) is 6.90. The number of aliphatic hydroxyl groups excluding tert-OH is 1. The Labute approximate surface area is 135 Å². The first-order chi connectivity index (χ1) is 10.1. The molecule has 0 saturated heterocycles. The summed E-state index contributed by atoms with van der Waals surface area (Å²) in [5, 5.41) is 11.7. The van der Waals surface area contributed by atoms with Gasteiger partial charge in [0.1, 0.15) is 6.10 Å². The molecule has 0 aromatic heterocycles. The monoisotopic (exact) mass is 324 g/mol. The van der Waals surface area contributed by atoms with Crippen molar-refractivity contribution in [1.82, 2.24) is 0 Å². The van der Waals surface area contributed by atoms with Crippen molar-refractivity contribution >= 4 is 23.2 Å². The number of benzene rings is 2. The molecule has 1 N–H and O–H groups in total. The Hall–Kier alpha value is -1.06. The van der Waals surface area contributed by atoms with E-state index in [0.717, 1.165) is 11.1 Å². The second-order valence-electron chi connectivity index (χ2n) is 4.79. The van der Waals surface area contributed by atoms with Crippen LogP contribution in [-0.4, -0.2) is 17.8 Å². The summed E-state index contributed by atoms with van der Waals surface area (Å²) in [5.41, 5.74) is 1.81. The summed E-state index contributed by atoms with van der Waals surface area (Å²) in [4.78, 5) is 0. The summed E-state index contributed by atoms with van der Waals surface area (Å²) in [6.45, 7) is 2.45. The van der Waals surface area contributed by atoms with E-state index < -0.39 is 6.10 Å². The van der Waals surface area contributed by atoms with Crippen LogP contribution in [0.3, 0.4) is 0 Å². The molecule has 2 unspecified atom stereocenters. The highest BCUT2D eigenvalue weighted by atomic mass is 35.5. The van der Waals surface area contributed by atoms with E-state index in [1.54, 1.807) is 12.1 Å². The largest absolute Gasteiger partial charge is 0.390 e. The lowest BCUT2D eigenvalue weighted by Gasteiger charge is -2.23. The van der Waals surface area contributed by atoms with E-state index in [1.165, 1.54) is 0 Å². The summed E-state index contributed by atoms with van der Waals surface area (Å²) in [6, 6.07) is 15.0. The third-order valence-electron chi connectivity index (χ3n) is 3.27. The molecule has 0 heterocycles. The van der Waals surface area contributed by atoms with Gasteiger partial charge in [-0.15, -0.1) is 0 Å². The first kappa shape index (κ1) is 16.3. The third-order valence-corrected chi connectivity index (χ3v) is 3.85. The highest BCUT2D eigenvalue weighted by Crippen LogP contribution is 2.27. The summed E-state index contributed by atoms with van der Waals surface area (Å²) in [5.74, 6) is 0. The Bertz CT molecular complexity index is 572. The molecule has 0 saturated carbocycles. The van der Waals surface area contributed by atoms with Gasteiger partial charge in [0.15, 0.2) is 0 Å². The average Bonchev–Trinajstić information content (AvgIpc) is 2.48. The van der Waals surface area contributed by atoms with E-state index in [1.807, 2.05) is 43.3 Å². The zero-order valence-corrected chi connectivity index (χ0v) is 13.3. The smallest absolute Gasteiger partial charge is 0.109 e. The van der Waals surface area contributed by atoms with Gasteiger partial charge in [-0.1, -0.05) is 59.6 Å². The molecule has 0 amide bonds. The molecule has 2 nitrogen and oxygen atoms in total. The van der Waals surface area contributed by atoms with Crippen LogP contribution in [0, 0.1) is 0 Å². The van der Waals surface area contributed by atoms with Crippen molar-refractivity contribution < 1.29 is 9.84 Å². The third kappa shape index (κ3) is 4.45. The molecule has 2 aromatic rings. The van der Waals surface area contributed by atoms with E-state index in [0.29, 0.717) is 23.1 Å². The fourth-order valence-corrected chi connectivity index (χ4v) is 2.76. The van der Waals surface area contributed by atoms with Crippen LogP contribution in [0.1, 0.15) is 24.2 Å². The molecule has 0 aliphatic heterocycles. The fraction of sp³-hybridized carbons (Fsp3) is 0.294. The molecule has 0 spiro atoms. The number of rotatable bonds is 6. The molecule has 0 fully saturated rings. The maximum Gasteiger partial charge on any atom is 0.109 e. The SMILES string of the molecule is CCOC(c1ccccc1)C(O)Cc1ccc(Cl)cc1Cl. The van der Waals surface area contributed by atoms with Gasteiger partial charge in [0, 0.05) is 23.1 Å². The van der Waals surface area contributed by atoms with Crippen LogP contribution >= 0.6 is 23.2 Å². The molecule has 2 atom stereocenters. The number of halogens is 2. The fourth-order valence-electron chi connectivity index (χ4n) is 2.27. The van der Waals surface area contributed by atoms with E-state index >= 15 is 0 Å². The van der Waals surface area contributed by atoms with Crippen LogP contribution in [0.5, 0.6) is 0 Å². The molecule has 0 aliphatic rings. The van der Waals surface area contributed by atoms with Gasteiger partial charge in [-0.25, -0.2) is 0 Å². The maximum absolute atomic E-state index is 10.5. The zero-order chi connectivity index (χ0) is 15.2. The summed E-state index contributed by atoms with van der Waals surface area (Å²) < 4.78 is 5.71. The van der Waals surface area contributed by atoms with Crippen molar-refractivity contribution in [3.63, 3.8) is 0 Å². The van der Waals surface area contributed by atoms with E-state index in [9.17, 15) is 5.11 Å². The van der Waals surface area contributed by atoms with Gasteiger partial charge < -0.3 is 9.84 Å². The summed E-state index contributed by atoms with van der Waals surface area (Å²) in [7, 11) is 0. The van der Waals surface area contributed by atoms with Crippen LogP contribution in [0.15, 0.2) is 48.5 Å². The van der Waals surface area contributed by atoms with Gasteiger partial charge in [0.2, 0.25) is 0 Å². The summed E-state index contributed by atoms with van der Waals surface area (Å²) in [6.07, 6.45) is -0.635. The Morgan fingerprint density at radius 3 is 2.43 bits per heavy atom. The van der Waals surface area contributed by atoms with Gasteiger partial charge in [-0.05, 0) is 30.2 Å². The van der Waals surface area contributed by atoms with Crippen LogP contribution in [0.25, 0.3) is 0 Å². The minimum Gasteiger partial charge on any atom is -0.390 e. The predicted octanol–water partition coefficient (Wildman–Crippen LogP) is 4.67. The lowest BCUT2D eigenvalue weighted by atomic mass is 9.98. The summed E-state index contributed by atoms with van der Waals surface area (Å²) >= 11 is 12.1. The normalized spacial score (nSPS) is 13.9. The van der Waals surface area contributed by atoms with E-state index in [2.05, 4.69) is 0 Å². The molecule has 2 rings (SSSR count). The van der Waals surface area contributed by atoms with E-state index in [4.69, 9.17) is 27.9 Å². The number of ether oxygens (including phenoxy) is 1. The quantitative estimate of drug-likeness (QED) is 0.836. The second kappa shape index (κ2) is 7.81. The highest BCUT2D eigenvalue weighted by Gasteiger charge is 2.22. The second-order valence-corrected chi connectivity index (χ2v) is 5.64. The molecular formula is C17H18Cl2O2. The van der Waals surface area contributed by atoms with Gasteiger partial charge in [-0.2, -0.15) is 0 Å². The Kier molecular flexibility index (Phi) is 6.07. The molecular weight excluding hydrogens is 307 g/mol. The Balaban J connectivity index is 2.17. The minimum absolute atomic E-state index is 0.372. The molecule has 112 valence electrons. The Morgan fingerprint density at radius 1 is 1.10 bits per heavy atom. The van der Waals surface area contributed by atoms with Crippen molar-refractivity contribution in [2.45, 2.75) is 25.6 Å². The van der Waals surface area contributed by atoms with E-state index in [-0.39, 0.29) is 6.10 Å². The lowest BCUT2D eigenvalue weighted by Crippen LogP contribution is -2.24. The lowest BCUT2D eigenvalue weighted by molar-refractivity contribution is -0.0339. The van der Waals surface area contributed by atoms with Crippen molar-refractivity contribution in [1.29, 1.82) is 0 Å². The van der Waals surface area contributed by atoms with Gasteiger partial charge in [-0.3, -0.25) is 0 Å². The maximum atomic E-state index is 10.5. The standard InChI is InChI=1S/C17H18Cl2O2/c1-2-21-17(12-6-4-3-5-7-12)16(20)10-13-8-9-14(18)11-15(13)19/h3-9,11,16-17,20H,2,10H2,1H3. The van der Waals surface area contributed by atoms with Crippen LogP contribution in [-0.2, 0) is 11.2 Å². The molecule has 4 heteroatoms. The average molecular weight is 325 g/mol. The van der Waals surface area contributed by atoms with Crippen molar-refractivity contribution in [2.24, 2.45) is 0 Å². The van der Waals surface area contributed by atoms with Crippen LogP contribution in [0.2, 0.25) is 10.0 Å².